The van der Waals surface area contributed by atoms with E-state index in [2.05, 4.69) is 5.32 Å². The predicted octanol–water partition coefficient (Wildman–Crippen LogP) is 4.88. The molecular weight excluding hydrogens is 771 g/mol. The largest absolute Gasteiger partial charge is 0.495 e. The molecule has 0 saturated carbocycles. The number of nitrogens with zero attached hydrogens (tertiary/aromatic N) is 3. The number of rotatable bonds is 7. The minimum atomic E-state index is -1.90. The summed E-state index contributed by atoms with van der Waals surface area (Å²) in [6.45, 7) is 6.57. The van der Waals surface area contributed by atoms with Gasteiger partial charge in [-0.3, -0.25) is 25.0 Å². The number of likely N-dealkylation sites (N-methyl/N-ethyl adjacent to an activating group) is 1. The second kappa shape index (κ2) is 16.8. The minimum Gasteiger partial charge on any atom is -0.495 e. The van der Waals surface area contributed by atoms with Gasteiger partial charge in [0, 0.05) is 45.2 Å². The van der Waals surface area contributed by atoms with Crippen LogP contribution in [0.15, 0.2) is 54.1 Å². The average molecular weight is 817 g/mol. The second-order valence-electron chi connectivity index (χ2n) is 14.8. The molecule has 16 nitrogen and oxygen atoms in total. The van der Waals surface area contributed by atoms with Gasteiger partial charge >= 0.3 is 12.1 Å². The maximum atomic E-state index is 14.2. The van der Waals surface area contributed by atoms with Gasteiger partial charge in [-0.2, -0.15) is 0 Å². The Labute approximate surface area is 333 Å². The summed E-state index contributed by atoms with van der Waals surface area (Å²) < 4.78 is 43.2. The van der Waals surface area contributed by atoms with Gasteiger partial charge in [0.1, 0.15) is 46.5 Å². The molecule has 0 aromatic heterocycles. The highest BCUT2D eigenvalue weighted by Gasteiger charge is 2.64. The quantitative estimate of drug-likeness (QED) is 0.167. The molecule has 2 saturated heterocycles. The number of benzene rings is 2. The summed E-state index contributed by atoms with van der Waals surface area (Å²) >= 11 is 6.74. The van der Waals surface area contributed by atoms with E-state index in [-0.39, 0.29) is 17.0 Å². The van der Waals surface area contributed by atoms with Crippen LogP contribution in [0.25, 0.3) is 0 Å². The number of methoxy groups -OCH3 is 2. The summed E-state index contributed by atoms with van der Waals surface area (Å²) in [6, 6.07) is 4.49. The first-order valence-corrected chi connectivity index (χ1v) is 18.4. The number of esters is 1. The zero-order valence-corrected chi connectivity index (χ0v) is 33.5. The van der Waals surface area contributed by atoms with E-state index in [1.807, 2.05) is 13.0 Å². The molecule has 3 aliphatic heterocycles. The van der Waals surface area contributed by atoms with Crippen LogP contribution >= 0.6 is 11.6 Å². The molecule has 2 aromatic carbocycles. The van der Waals surface area contributed by atoms with Crippen molar-refractivity contribution in [3.63, 3.8) is 0 Å². The van der Waals surface area contributed by atoms with Gasteiger partial charge in [-0.25, -0.2) is 14.0 Å². The third-order valence-corrected chi connectivity index (χ3v) is 11.2. The van der Waals surface area contributed by atoms with E-state index in [9.17, 15) is 38.8 Å². The Morgan fingerprint density at radius 1 is 1.21 bits per heavy atom. The van der Waals surface area contributed by atoms with Gasteiger partial charge in [0.15, 0.2) is 5.72 Å². The predicted molar refractivity (Wildman–Crippen MR) is 203 cm³/mol. The van der Waals surface area contributed by atoms with Gasteiger partial charge in [-0.05, 0) is 51.0 Å². The van der Waals surface area contributed by atoms with Crippen molar-refractivity contribution in [2.75, 3.05) is 33.2 Å². The number of nitro groups is 1. The van der Waals surface area contributed by atoms with Crippen molar-refractivity contribution in [2.24, 2.45) is 5.92 Å². The Bertz CT molecular complexity index is 2010. The van der Waals surface area contributed by atoms with Crippen molar-refractivity contribution in [1.82, 2.24) is 10.2 Å². The van der Waals surface area contributed by atoms with Crippen LogP contribution in [0.4, 0.5) is 20.6 Å². The van der Waals surface area contributed by atoms with E-state index in [0.29, 0.717) is 23.9 Å². The molecule has 0 spiro atoms. The summed E-state index contributed by atoms with van der Waals surface area (Å²) in [5.74, 6) is -3.76. The standard InChI is InChI=1S/C39H46ClFN4O12/c1-20-10-9-11-30(54-8)39(50)19-29(55-37(49)42-39)21(2)34-38(4,57-34)31(18-32(46)44(6)27-13-23(12-20)14-28(53-7)33(27)40)56-36(48)22(3)43(5)35(47)24-15-25(41)17-26(16-24)45(51)52/h9-11,13-17,21-22,29-31,34,50H,12,18-19H2,1-8H3,(H,42,49)/b11-9+,20-10+/t21-,22?,29+,30-,31+,34+,38+,39+/m1/s1. The van der Waals surface area contributed by atoms with Crippen molar-refractivity contribution in [2.45, 2.75) is 88.7 Å². The monoisotopic (exact) mass is 816 g/mol. The van der Waals surface area contributed by atoms with Gasteiger partial charge < -0.3 is 38.6 Å². The van der Waals surface area contributed by atoms with Crippen LogP contribution in [-0.2, 0) is 35.0 Å². The first-order chi connectivity index (χ1) is 26.7. The Hall–Kier alpha value is -5.10. The molecule has 0 radical (unpaired) electrons. The highest BCUT2D eigenvalue weighted by molar-refractivity contribution is 6.35. The molecular formula is C39H46ClFN4O12. The Morgan fingerprint density at radius 3 is 2.56 bits per heavy atom. The van der Waals surface area contributed by atoms with Crippen LogP contribution in [0.3, 0.4) is 0 Å². The number of hydrogen-bond donors (Lipinski definition) is 2. The highest BCUT2D eigenvalue weighted by Crippen LogP contribution is 2.49. The average Bonchev–Trinajstić information content (AvgIpc) is 3.86. The summed E-state index contributed by atoms with van der Waals surface area (Å²) in [4.78, 5) is 66.9. The normalized spacial score (nSPS) is 29.7. The molecule has 18 heteroatoms. The van der Waals surface area contributed by atoms with E-state index < -0.39 is 94.4 Å². The number of halogens is 2. The third kappa shape index (κ3) is 9.06. The van der Waals surface area contributed by atoms with Crippen molar-refractivity contribution in [3.8, 4) is 5.75 Å². The van der Waals surface area contributed by atoms with Crippen LogP contribution < -0.4 is 15.0 Å². The van der Waals surface area contributed by atoms with Crippen molar-refractivity contribution in [3.05, 3.63) is 86.2 Å². The maximum absolute atomic E-state index is 14.2. The van der Waals surface area contributed by atoms with Crippen LogP contribution in [0.5, 0.6) is 5.75 Å². The van der Waals surface area contributed by atoms with Crippen LogP contribution in [-0.4, -0.2) is 109 Å². The molecule has 2 fully saturated rings. The van der Waals surface area contributed by atoms with E-state index in [1.165, 1.54) is 40.1 Å². The number of fused-ring (bicyclic) bond motifs is 5. The molecule has 2 aromatic rings. The lowest BCUT2D eigenvalue weighted by atomic mass is 9.83. The zero-order valence-electron chi connectivity index (χ0n) is 32.7. The SMILES string of the molecule is COc1cc2cc(c1Cl)N(C)C(=O)C[C@H](OC(=O)C(C)N(C)C(=O)c1cc(F)cc([N+](=O)[O-])c1)[C@]1(C)O[C@H]1[C@H](C)[C@@H]1C[C@@](O)(NC(=O)O1)[C@H](OC)/C=C/C=C(\C)C2. The summed E-state index contributed by atoms with van der Waals surface area (Å²) in [7, 11) is 5.58. The molecule has 3 amide bonds. The number of carbonyl (C=O) groups is 4. The van der Waals surface area contributed by atoms with Gasteiger partial charge in [-0.1, -0.05) is 42.3 Å². The number of epoxide rings is 1. The zero-order chi connectivity index (χ0) is 42.1. The summed E-state index contributed by atoms with van der Waals surface area (Å²) in [5, 5.41) is 25.7. The van der Waals surface area contributed by atoms with Crippen LogP contribution in [0.1, 0.15) is 56.5 Å². The van der Waals surface area contributed by atoms with E-state index in [0.717, 1.165) is 28.2 Å². The molecule has 57 heavy (non-hydrogen) atoms. The number of hydrogen-bond acceptors (Lipinski definition) is 12. The number of anilines is 1. The molecule has 8 atom stereocenters. The van der Waals surface area contributed by atoms with Crippen molar-refractivity contribution >= 4 is 46.9 Å². The van der Waals surface area contributed by atoms with Gasteiger partial charge in [0.25, 0.3) is 11.6 Å². The molecule has 308 valence electrons. The molecule has 3 aliphatic rings. The maximum Gasteiger partial charge on any atom is 0.409 e. The minimum absolute atomic E-state index is 0.125. The first-order valence-electron chi connectivity index (χ1n) is 18.0. The fourth-order valence-electron chi connectivity index (χ4n) is 7.18. The number of amides is 3. The number of ether oxygens (including phenoxy) is 5. The Morgan fingerprint density at radius 2 is 1.91 bits per heavy atom. The van der Waals surface area contributed by atoms with Gasteiger partial charge in [-0.15, -0.1) is 0 Å². The lowest BCUT2D eigenvalue weighted by molar-refractivity contribution is -0.385. The van der Waals surface area contributed by atoms with Crippen molar-refractivity contribution < 1.29 is 57.3 Å². The molecule has 1 unspecified atom stereocenters. The number of alkyl carbamates (subject to hydrolysis) is 1. The van der Waals surface area contributed by atoms with Gasteiger partial charge in [0.05, 0.1) is 36.3 Å². The second-order valence-corrected chi connectivity index (χ2v) is 15.1. The van der Waals surface area contributed by atoms with Crippen LogP contribution in [0.2, 0.25) is 5.02 Å². The fourth-order valence-corrected chi connectivity index (χ4v) is 7.50. The number of non-ortho nitro benzene ring substituents is 1. The molecule has 3 heterocycles. The first kappa shape index (κ1) is 43.0. The Kier molecular flexibility index (Phi) is 12.7. The Balaban J connectivity index is 1.52. The number of nitro benzene ring substituents is 1. The number of aliphatic hydroxyl groups is 1. The van der Waals surface area contributed by atoms with E-state index >= 15 is 0 Å². The molecule has 4 bridgehead atoms. The van der Waals surface area contributed by atoms with E-state index in [1.54, 1.807) is 38.1 Å². The van der Waals surface area contributed by atoms with Gasteiger partial charge in [0.2, 0.25) is 5.91 Å². The lowest BCUT2D eigenvalue weighted by Gasteiger charge is -2.42. The fraction of sp³-hybridized carbons (Fsp3) is 0.487. The third-order valence-electron chi connectivity index (χ3n) is 10.8. The number of nitrogens with one attached hydrogen (secondary N) is 1. The number of allylic oxidation sites excluding steroid dienone is 3. The summed E-state index contributed by atoms with van der Waals surface area (Å²) in [6.07, 6.45) is 0.0339. The highest BCUT2D eigenvalue weighted by atomic mass is 35.5. The van der Waals surface area contributed by atoms with E-state index in [4.69, 9.17) is 35.3 Å². The lowest BCUT2D eigenvalue weighted by Crippen LogP contribution is -2.63. The smallest absolute Gasteiger partial charge is 0.409 e. The number of carbonyl (C=O) groups excluding carboxylic acids is 4. The van der Waals surface area contributed by atoms with Crippen molar-refractivity contribution in [1.29, 1.82) is 0 Å². The molecule has 0 aliphatic carbocycles. The summed E-state index contributed by atoms with van der Waals surface area (Å²) in [5.41, 5.74) is -2.35. The molecule has 5 rings (SSSR count). The van der Waals surface area contributed by atoms with Crippen LogP contribution in [0, 0.1) is 21.8 Å². The topological polar surface area (TPSA) is 200 Å². The molecule has 2 N–H and O–H groups in total.